The number of amides is 1. The van der Waals surface area contributed by atoms with Crippen molar-refractivity contribution in [2.75, 3.05) is 0 Å². The molecular formula is C18H15N3O2. The molecule has 4 N–H and O–H groups in total. The fourth-order valence-electron chi connectivity index (χ4n) is 2.32. The van der Waals surface area contributed by atoms with Crippen molar-refractivity contribution >= 4 is 28.3 Å². The van der Waals surface area contributed by atoms with Gasteiger partial charge in [-0.1, -0.05) is 30.3 Å². The average Bonchev–Trinajstić information content (AvgIpc) is 2.54. The van der Waals surface area contributed by atoms with E-state index in [0.29, 0.717) is 11.3 Å². The van der Waals surface area contributed by atoms with Gasteiger partial charge in [0, 0.05) is 5.56 Å². The summed E-state index contributed by atoms with van der Waals surface area (Å²) in [6, 6.07) is 19.3. The number of carbonyl (C=O) groups excluding carboxylic acids is 1. The number of aliphatic imine (C=N–C) groups is 1. The van der Waals surface area contributed by atoms with E-state index in [0.717, 1.165) is 10.8 Å². The van der Waals surface area contributed by atoms with Crippen molar-refractivity contribution in [3.05, 3.63) is 72.3 Å². The zero-order valence-corrected chi connectivity index (χ0v) is 12.2. The van der Waals surface area contributed by atoms with Gasteiger partial charge >= 0.3 is 0 Å². The maximum Gasteiger partial charge on any atom is 0.258 e. The number of hydrogen-bond acceptors (Lipinski definition) is 3. The molecule has 0 atom stereocenters. The van der Waals surface area contributed by atoms with Crippen molar-refractivity contribution in [3.8, 4) is 5.75 Å². The second-order valence-corrected chi connectivity index (χ2v) is 5.00. The van der Waals surface area contributed by atoms with Crippen molar-refractivity contribution in [3.63, 3.8) is 0 Å². The number of aromatic hydroxyl groups is 1. The predicted molar refractivity (Wildman–Crippen MR) is 90.8 cm³/mol. The van der Waals surface area contributed by atoms with Gasteiger partial charge in [-0.25, -0.2) is 4.99 Å². The van der Waals surface area contributed by atoms with Gasteiger partial charge in [-0.3, -0.25) is 10.1 Å². The molecule has 0 heterocycles. The Morgan fingerprint density at radius 3 is 2.57 bits per heavy atom. The van der Waals surface area contributed by atoms with Crippen LogP contribution in [0.5, 0.6) is 5.75 Å². The highest BCUT2D eigenvalue weighted by Crippen LogP contribution is 2.23. The molecule has 23 heavy (non-hydrogen) atoms. The number of para-hydroxylation sites is 1. The van der Waals surface area contributed by atoms with Crippen LogP contribution in [0.1, 0.15) is 10.4 Å². The monoisotopic (exact) mass is 305 g/mol. The van der Waals surface area contributed by atoms with Crippen LogP contribution in [0.3, 0.4) is 0 Å². The van der Waals surface area contributed by atoms with E-state index in [4.69, 9.17) is 5.73 Å². The minimum absolute atomic E-state index is 0.0250. The van der Waals surface area contributed by atoms with E-state index in [1.54, 1.807) is 42.5 Å². The van der Waals surface area contributed by atoms with E-state index in [2.05, 4.69) is 10.3 Å². The van der Waals surface area contributed by atoms with Crippen LogP contribution in [-0.2, 0) is 0 Å². The van der Waals surface area contributed by atoms with E-state index in [1.807, 2.05) is 24.3 Å². The third-order valence-electron chi connectivity index (χ3n) is 3.36. The number of guanidine groups is 1. The normalized spacial score (nSPS) is 11.4. The lowest BCUT2D eigenvalue weighted by Gasteiger charge is -2.08. The molecule has 0 fully saturated rings. The first-order valence-corrected chi connectivity index (χ1v) is 7.06. The van der Waals surface area contributed by atoms with Crippen LogP contribution in [-0.4, -0.2) is 17.0 Å². The molecule has 5 heteroatoms. The van der Waals surface area contributed by atoms with Crippen LogP contribution >= 0.6 is 0 Å². The average molecular weight is 305 g/mol. The van der Waals surface area contributed by atoms with Crippen LogP contribution < -0.4 is 11.1 Å². The van der Waals surface area contributed by atoms with Crippen molar-refractivity contribution < 1.29 is 9.90 Å². The summed E-state index contributed by atoms with van der Waals surface area (Å²) >= 11 is 0. The van der Waals surface area contributed by atoms with E-state index in [-0.39, 0.29) is 17.6 Å². The number of fused-ring (bicyclic) bond motifs is 1. The summed E-state index contributed by atoms with van der Waals surface area (Å²) in [5, 5.41) is 13.6. The summed E-state index contributed by atoms with van der Waals surface area (Å²) < 4.78 is 0. The first-order chi connectivity index (χ1) is 11.1. The molecule has 0 saturated carbocycles. The number of benzene rings is 3. The minimum Gasteiger partial charge on any atom is -0.508 e. The fraction of sp³-hybridized carbons (Fsp3) is 0. The van der Waals surface area contributed by atoms with Crippen LogP contribution in [0.2, 0.25) is 0 Å². The molecular weight excluding hydrogens is 290 g/mol. The maximum absolute atomic E-state index is 12.4. The van der Waals surface area contributed by atoms with E-state index >= 15 is 0 Å². The number of phenols is 1. The fourth-order valence-corrected chi connectivity index (χ4v) is 2.32. The highest BCUT2D eigenvalue weighted by atomic mass is 16.3. The largest absolute Gasteiger partial charge is 0.508 e. The van der Waals surface area contributed by atoms with Gasteiger partial charge in [0.1, 0.15) is 5.75 Å². The van der Waals surface area contributed by atoms with Gasteiger partial charge in [-0.2, -0.15) is 0 Å². The summed E-state index contributed by atoms with van der Waals surface area (Å²) in [6.07, 6.45) is 0. The molecule has 3 aromatic rings. The van der Waals surface area contributed by atoms with Crippen molar-refractivity contribution in [1.82, 2.24) is 5.32 Å². The molecule has 3 rings (SSSR count). The lowest BCUT2D eigenvalue weighted by atomic mass is 10.0. The Morgan fingerprint density at radius 1 is 1.00 bits per heavy atom. The summed E-state index contributed by atoms with van der Waals surface area (Å²) in [6.45, 7) is 0. The molecule has 0 unspecified atom stereocenters. The lowest BCUT2D eigenvalue weighted by molar-refractivity contribution is 0.0978. The smallest absolute Gasteiger partial charge is 0.258 e. The molecule has 0 spiro atoms. The molecule has 114 valence electrons. The Bertz CT molecular complexity index is 889. The SMILES string of the molecule is NC(=Nc1ccccc1)NC(=O)c1cccc2cc(O)ccc12. The molecule has 0 bridgehead atoms. The van der Waals surface area contributed by atoms with Crippen LogP contribution in [0, 0.1) is 0 Å². The number of rotatable bonds is 2. The summed E-state index contributed by atoms with van der Waals surface area (Å²) in [4.78, 5) is 16.6. The molecule has 0 aromatic heterocycles. The molecule has 5 nitrogen and oxygen atoms in total. The van der Waals surface area contributed by atoms with Gasteiger partial charge in [0.15, 0.2) is 0 Å². The third kappa shape index (κ3) is 3.29. The number of carbonyl (C=O) groups is 1. The molecule has 3 aromatic carbocycles. The number of hydrogen-bond donors (Lipinski definition) is 3. The molecule has 0 aliphatic carbocycles. The Morgan fingerprint density at radius 2 is 1.78 bits per heavy atom. The van der Waals surface area contributed by atoms with Crippen molar-refractivity contribution in [2.45, 2.75) is 0 Å². The Balaban J connectivity index is 1.88. The summed E-state index contributed by atoms with van der Waals surface area (Å²) in [5.74, 6) is -0.171. The van der Waals surface area contributed by atoms with Gasteiger partial charge in [-0.05, 0) is 47.2 Å². The Hall–Kier alpha value is -3.34. The predicted octanol–water partition coefficient (Wildman–Crippen LogP) is 2.92. The second kappa shape index (κ2) is 6.19. The first-order valence-electron chi connectivity index (χ1n) is 7.06. The minimum atomic E-state index is -0.349. The maximum atomic E-state index is 12.4. The zero-order chi connectivity index (χ0) is 16.2. The Labute approximate surface area is 133 Å². The molecule has 1 amide bonds. The summed E-state index contributed by atoms with van der Waals surface area (Å²) in [7, 11) is 0. The molecule has 0 saturated heterocycles. The van der Waals surface area contributed by atoms with E-state index < -0.39 is 0 Å². The Kier molecular flexibility index (Phi) is 3.93. The topological polar surface area (TPSA) is 87.7 Å². The number of nitrogens with one attached hydrogen (secondary N) is 1. The van der Waals surface area contributed by atoms with Crippen molar-refractivity contribution in [2.24, 2.45) is 10.7 Å². The highest BCUT2D eigenvalue weighted by molar-refractivity contribution is 6.12. The molecule has 0 aliphatic rings. The van der Waals surface area contributed by atoms with Crippen LogP contribution in [0.25, 0.3) is 10.8 Å². The number of nitrogens with two attached hydrogens (primary N) is 1. The van der Waals surface area contributed by atoms with E-state index in [9.17, 15) is 9.90 Å². The van der Waals surface area contributed by atoms with Gasteiger partial charge in [0.2, 0.25) is 5.96 Å². The zero-order valence-electron chi connectivity index (χ0n) is 12.2. The number of nitrogens with zero attached hydrogens (tertiary/aromatic N) is 1. The van der Waals surface area contributed by atoms with Gasteiger partial charge in [0.05, 0.1) is 5.69 Å². The van der Waals surface area contributed by atoms with Gasteiger partial charge in [-0.15, -0.1) is 0 Å². The number of phenolic OH excluding ortho intramolecular Hbond substituents is 1. The van der Waals surface area contributed by atoms with Crippen molar-refractivity contribution in [1.29, 1.82) is 0 Å². The van der Waals surface area contributed by atoms with Crippen LogP contribution in [0.4, 0.5) is 5.69 Å². The third-order valence-corrected chi connectivity index (χ3v) is 3.36. The molecule has 0 radical (unpaired) electrons. The highest BCUT2D eigenvalue weighted by Gasteiger charge is 2.11. The lowest BCUT2D eigenvalue weighted by Crippen LogP contribution is -2.36. The summed E-state index contributed by atoms with van der Waals surface area (Å²) in [5.41, 5.74) is 6.92. The standard InChI is InChI=1S/C18H15N3O2/c19-18(20-13-6-2-1-3-7-13)21-17(23)16-8-4-5-12-11-14(22)9-10-15(12)16/h1-11,22H,(H3,19,20,21,23). The van der Waals surface area contributed by atoms with Crippen LogP contribution in [0.15, 0.2) is 71.7 Å². The second-order valence-electron chi connectivity index (χ2n) is 5.00. The molecule has 0 aliphatic heterocycles. The van der Waals surface area contributed by atoms with Gasteiger partial charge < -0.3 is 10.8 Å². The first kappa shape index (κ1) is 14.6. The quantitative estimate of drug-likeness (QED) is 0.502. The van der Waals surface area contributed by atoms with Gasteiger partial charge in [0.25, 0.3) is 5.91 Å². The van der Waals surface area contributed by atoms with E-state index in [1.165, 1.54) is 0 Å².